The molecule has 0 saturated heterocycles. The molecule has 0 bridgehead atoms. The van der Waals surface area contributed by atoms with Gasteiger partial charge in [-0.15, -0.1) is 11.3 Å². The second-order valence-electron chi connectivity index (χ2n) is 7.03. The molecular formula is C23H19F2N3O2S2. The monoisotopic (exact) mass is 471 g/mol. The predicted octanol–water partition coefficient (Wildman–Crippen LogP) is 4.57. The normalized spacial score (nSPS) is 11.1. The standard InChI is InChI=1S/C23H19F2N3O2S2/c24-16-11-17(25)13-18(12-16)28-22(30)21-19(8-10-31-21)27-23(28)32-14-20(29)26-9-4-7-15-5-2-1-3-6-15/h1-3,5-6,8,10-13H,4,7,9,14H2,(H,26,29). The van der Waals surface area contributed by atoms with E-state index in [-0.39, 0.29) is 22.5 Å². The number of nitrogens with zero attached hydrogens (tertiary/aromatic N) is 2. The first-order chi connectivity index (χ1) is 15.5. The van der Waals surface area contributed by atoms with Gasteiger partial charge >= 0.3 is 0 Å². The highest BCUT2D eigenvalue weighted by Gasteiger charge is 2.17. The summed E-state index contributed by atoms with van der Waals surface area (Å²) in [4.78, 5) is 29.8. The van der Waals surface area contributed by atoms with Gasteiger partial charge in [-0.05, 0) is 42.0 Å². The molecule has 2 aromatic heterocycles. The van der Waals surface area contributed by atoms with Gasteiger partial charge in [-0.1, -0.05) is 42.1 Å². The van der Waals surface area contributed by atoms with Crippen LogP contribution in [0.2, 0.25) is 0 Å². The van der Waals surface area contributed by atoms with Crippen molar-refractivity contribution in [3.63, 3.8) is 0 Å². The van der Waals surface area contributed by atoms with Crippen molar-refractivity contribution in [2.24, 2.45) is 0 Å². The van der Waals surface area contributed by atoms with E-state index in [1.54, 1.807) is 11.4 Å². The van der Waals surface area contributed by atoms with Crippen molar-refractivity contribution >= 4 is 39.2 Å². The lowest BCUT2D eigenvalue weighted by molar-refractivity contribution is -0.118. The van der Waals surface area contributed by atoms with Crippen molar-refractivity contribution in [2.45, 2.75) is 18.0 Å². The zero-order valence-electron chi connectivity index (χ0n) is 16.9. The summed E-state index contributed by atoms with van der Waals surface area (Å²) in [6, 6.07) is 14.6. The molecule has 0 fully saturated rings. The van der Waals surface area contributed by atoms with Crippen LogP contribution in [-0.4, -0.2) is 27.8 Å². The number of benzene rings is 2. The lowest BCUT2D eigenvalue weighted by atomic mass is 10.1. The summed E-state index contributed by atoms with van der Waals surface area (Å²) in [6.07, 6.45) is 1.65. The first-order valence-electron chi connectivity index (χ1n) is 9.91. The minimum Gasteiger partial charge on any atom is -0.355 e. The van der Waals surface area contributed by atoms with Gasteiger partial charge in [0.1, 0.15) is 16.3 Å². The van der Waals surface area contributed by atoms with Crippen LogP contribution >= 0.6 is 23.1 Å². The Labute approximate surface area is 191 Å². The molecule has 0 unspecified atom stereocenters. The number of nitrogens with one attached hydrogen (secondary N) is 1. The molecule has 4 rings (SSSR count). The predicted molar refractivity (Wildman–Crippen MR) is 124 cm³/mol. The molecule has 0 atom stereocenters. The number of halogens is 2. The van der Waals surface area contributed by atoms with Gasteiger partial charge in [0, 0.05) is 12.6 Å². The molecule has 9 heteroatoms. The van der Waals surface area contributed by atoms with Crippen molar-refractivity contribution in [2.75, 3.05) is 12.3 Å². The lowest BCUT2D eigenvalue weighted by Gasteiger charge is -2.12. The Hall–Kier alpha value is -3.04. The summed E-state index contributed by atoms with van der Waals surface area (Å²) in [5.74, 6) is -1.79. The molecule has 1 N–H and O–H groups in total. The number of hydrogen-bond donors (Lipinski definition) is 1. The largest absolute Gasteiger partial charge is 0.355 e. The molecule has 164 valence electrons. The van der Waals surface area contributed by atoms with Gasteiger partial charge in [0.25, 0.3) is 5.56 Å². The van der Waals surface area contributed by atoms with Crippen molar-refractivity contribution in [1.29, 1.82) is 0 Å². The molecule has 0 aliphatic carbocycles. The SMILES string of the molecule is O=C(CSc1nc2ccsc2c(=O)n1-c1cc(F)cc(F)c1)NCCCc1ccccc1. The van der Waals surface area contributed by atoms with Crippen LogP contribution in [0.25, 0.3) is 15.9 Å². The van der Waals surface area contributed by atoms with E-state index < -0.39 is 17.2 Å². The van der Waals surface area contributed by atoms with E-state index in [0.717, 1.165) is 47.4 Å². The highest BCUT2D eigenvalue weighted by Crippen LogP contribution is 2.24. The molecule has 32 heavy (non-hydrogen) atoms. The summed E-state index contributed by atoms with van der Waals surface area (Å²) < 4.78 is 29.1. The van der Waals surface area contributed by atoms with E-state index in [1.165, 1.54) is 16.9 Å². The summed E-state index contributed by atoms with van der Waals surface area (Å²) in [5.41, 5.74) is 1.29. The van der Waals surface area contributed by atoms with E-state index in [2.05, 4.69) is 10.3 Å². The molecule has 4 aromatic rings. The van der Waals surface area contributed by atoms with E-state index in [4.69, 9.17) is 0 Å². The number of thioether (sulfide) groups is 1. The third-order valence-corrected chi connectivity index (χ3v) is 6.52. The second kappa shape index (κ2) is 10.1. The summed E-state index contributed by atoms with van der Waals surface area (Å²) in [7, 11) is 0. The number of carbonyl (C=O) groups excluding carboxylic acids is 1. The Morgan fingerprint density at radius 3 is 2.59 bits per heavy atom. The van der Waals surface area contributed by atoms with E-state index in [9.17, 15) is 18.4 Å². The van der Waals surface area contributed by atoms with Crippen LogP contribution in [0.1, 0.15) is 12.0 Å². The Bertz CT molecular complexity index is 1290. The fraction of sp³-hybridized carbons (Fsp3) is 0.174. The molecule has 0 saturated carbocycles. The van der Waals surface area contributed by atoms with Gasteiger partial charge in [0.15, 0.2) is 5.16 Å². The maximum Gasteiger partial charge on any atom is 0.276 e. The highest BCUT2D eigenvalue weighted by atomic mass is 32.2. The van der Waals surface area contributed by atoms with Crippen LogP contribution in [0, 0.1) is 11.6 Å². The molecule has 1 amide bonds. The molecule has 0 aliphatic rings. The lowest BCUT2D eigenvalue weighted by Crippen LogP contribution is -2.27. The van der Waals surface area contributed by atoms with Crippen molar-refractivity contribution < 1.29 is 13.6 Å². The van der Waals surface area contributed by atoms with Crippen LogP contribution in [0.5, 0.6) is 0 Å². The number of carbonyl (C=O) groups is 1. The Kier molecular flexibility index (Phi) is 6.96. The number of thiophene rings is 1. The number of fused-ring (bicyclic) bond motifs is 1. The topological polar surface area (TPSA) is 64.0 Å². The van der Waals surface area contributed by atoms with Gasteiger partial charge in [0.2, 0.25) is 5.91 Å². The van der Waals surface area contributed by atoms with Gasteiger partial charge in [-0.3, -0.25) is 14.2 Å². The number of aryl methyl sites for hydroxylation is 1. The van der Waals surface area contributed by atoms with Crippen LogP contribution in [0.4, 0.5) is 8.78 Å². The average molecular weight is 472 g/mol. The Morgan fingerprint density at radius 2 is 1.84 bits per heavy atom. The van der Waals surface area contributed by atoms with E-state index in [0.29, 0.717) is 16.8 Å². The number of hydrogen-bond acceptors (Lipinski definition) is 5. The zero-order valence-corrected chi connectivity index (χ0v) is 18.5. The van der Waals surface area contributed by atoms with Gasteiger partial charge in [0.05, 0.1) is 17.0 Å². The number of aromatic nitrogens is 2. The second-order valence-corrected chi connectivity index (χ2v) is 8.88. The Morgan fingerprint density at radius 1 is 1.09 bits per heavy atom. The number of amides is 1. The smallest absolute Gasteiger partial charge is 0.276 e. The summed E-state index contributed by atoms with van der Waals surface area (Å²) >= 11 is 2.25. The minimum atomic E-state index is -0.801. The molecule has 5 nitrogen and oxygen atoms in total. The molecule has 0 radical (unpaired) electrons. The van der Waals surface area contributed by atoms with Crippen molar-refractivity contribution in [3.8, 4) is 5.69 Å². The van der Waals surface area contributed by atoms with Crippen molar-refractivity contribution in [3.05, 3.63) is 87.5 Å². The molecule has 2 aromatic carbocycles. The fourth-order valence-electron chi connectivity index (χ4n) is 3.23. The van der Waals surface area contributed by atoms with Gasteiger partial charge in [-0.25, -0.2) is 13.8 Å². The zero-order chi connectivity index (χ0) is 22.5. The van der Waals surface area contributed by atoms with Gasteiger partial charge < -0.3 is 5.32 Å². The molecular weight excluding hydrogens is 452 g/mol. The average Bonchev–Trinajstić information content (AvgIpc) is 3.24. The quantitative estimate of drug-likeness (QED) is 0.232. The first-order valence-corrected chi connectivity index (χ1v) is 11.8. The minimum absolute atomic E-state index is 0.0191. The van der Waals surface area contributed by atoms with Crippen LogP contribution in [0.3, 0.4) is 0 Å². The van der Waals surface area contributed by atoms with E-state index in [1.807, 2.05) is 30.3 Å². The maximum absolute atomic E-state index is 13.8. The molecule has 0 spiro atoms. The Balaban J connectivity index is 1.47. The summed E-state index contributed by atoms with van der Waals surface area (Å²) in [5, 5.41) is 4.78. The van der Waals surface area contributed by atoms with Crippen LogP contribution in [-0.2, 0) is 11.2 Å². The molecule has 2 heterocycles. The van der Waals surface area contributed by atoms with E-state index >= 15 is 0 Å². The summed E-state index contributed by atoms with van der Waals surface area (Å²) in [6.45, 7) is 0.521. The van der Waals surface area contributed by atoms with Crippen LogP contribution in [0.15, 0.2) is 69.9 Å². The molecule has 0 aliphatic heterocycles. The van der Waals surface area contributed by atoms with Crippen LogP contribution < -0.4 is 10.9 Å². The third-order valence-electron chi connectivity index (χ3n) is 4.69. The third kappa shape index (κ3) is 5.23. The maximum atomic E-state index is 13.8. The highest BCUT2D eigenvalue weighted by molar-refractivity contribution is 7.99. The van der Waals surface area contributed by atoms with Crippen molar-refractivity contribution in [1.82, 2.24) is 14.9 Å². The first kappa shape index (κ1) is 22.2. The number of rotatable bonds is 8. The fourth-order valence-corrected chi connectivity index (χ4v) is 4.83. The van der Waals surface area contributed by atoms with Gasteiger partial charge in [-0.2, -0.15) is 0 Å².